The van der Waals surface area contributed by atoms with E-state index in [1.165, 1.54) is 0 Å². The van der Waals surface area contributed by atoms with Crippen molar-refractivity contribution in [1.82, 2.24) is 0 Å². The molecule has 0 aromatic carbocycles. The first-order valence-electron chi connectivity index (χ1n) is 1.21. The lowest BCUT2D eigenvalue weighted by atomic mass is 11.2. The van der Waals surface area contributed by atoms with E-state index in [2.05, 4.69) is 11.5 Å². The van der Waals surface area contributed by atoms with Crippen molar-refractivity contribution in [2.75, 3.05) is 0 Å². The summed E-state index contributed by atoms with van der Waals surface area (Å²) in [5.41, 5.74) is 0. The quantitative estimate of drug-likeness (QED) is 0.216. The summed E-state index contributed by atoms with van der Waals surface area (Å²) in [4.78, 5) is 11.4. The van der Waals surface area contributed by atoms with E-state index in [9.17, 15) is 0 Å². The van der Waals surface area contributed by atoms with Crippen molar-refractivity contribution in [3.63, 3.8) is 0 Å². The van der Waals surface area contributed by atoms with Gasteiger partial charge in [0.05, 0.1) is 0 Å². The zero-order valence-corrected chi connectivity index (χ0v) is 4.01. The maximum Gasteiger partial charge on any atom is 0.316 e. The maximum absolute atomic E-state index is 7.98. The summed E-state index contributed by atoms with van der Waals surface area (Å²) in [6.45, 7) is 3.08. The number of hydrogen-bond donors (Lipinski definition) is 2. The molecule has 0 aliphatic rings. The second-order valence-electron chi connectivity index (χ2n) is 0.626. The van der Waals surface area contributed by atoms with Gasteiger partial charge < -0.3 is 9.68 Å². The first kappa shape index (κ1) is 5.68. The second-order valence-corrected chi connectivity index (χ2v) is 1.41. The molecule has 0 saturated heterocycles. The maximum atomic E-state index is 7.98. The Balaban J connectivity index is 2.99. The Morgan fingerprint density at radius 2 is 2.33 bits per heavy atom. The fourth-order valence-electron chi connectivity index (χ4n) is 0.0204. The number of hydrogen-bond acceptors (Lipinski definition) is 3. The van der Waals surface area contributed by atoms with E-state index < -0.39 is 9.76 Å². The molecule has 2 radical (unpaired) electrons. The molecule has 0 bridgehead atoms. The third kappa shape index (κ3) is 1.95. The molecule has 34 valence electrons. The molecule has 0 aliphatic carbocycles. The van der Waals surface area contributed by atoms with E-state index in [0.717, 1.165) is 0 Å². The Kier molecular flexibility index (Phi) is 2.74. The molecule has 0 spiro atoms. The van der Waals surface area contributed by atoms with Gasteiger partial charge in [0.25, 0.3) is 0 Å². The highest BCUT2D eigenvalue weighted by Gasteiger charge is 1.87. The second kappa shape index (κ2) is 2.89. The van der Waals surface area contributed by atoms with E-state index in [0.29, 0.717) is 0 Å². The smallest absolute Gasteiger partial charge is 0.316 e. The van der Waals surface area contributed by atoms with Crippen LogP contribution in [0.2, 0.25) is 0 Å². The summed E-state index contributed by atoms with van der Waals surface area (Å²) in [7, 11) is -0.535. The molecule has 6 heavy (non-hydrogen) atoms. The van der Waals surface area contributed by atoms with Crippen LogP contribution in [0, 0.1) is 0 Å². The van der Waals surface area contributed by atoms with Gasteiger partial charge in [-0.2, -0.15) is 0 Å². The normalized spacial score (nSPS) is 7.67. The third-order valence-electron chi connectivity index (χ3n) is 0.235. The van der Waals surface area contributed by atoms with Gasteiger partial charge in [0.15, 0.2) is 0 Å². The lowest BCUT2D eigenvalue weighted by Crippen LogP contribution is -1.93. The summed E-state index contributed by atoms with van der Waals surface area (Å²) in [5, 5.41) is 7.56. The van der Waals surface area contributed by atoms with Crippen molar-refractivity contribution in [2.45, 2.75) is 0 Å². The van der Waals surface area contributed by atoms with Crippen LogP contribution in [0.1, 0.15) is 0 Å². The van der Waals surface area contributed by atoms with Crippen molar-refractivity contribution in [2.24, 2.45) is 0 Å². The largest absolute Gasteiger partial charge is 0.425 e. The van der Waals surface area contributed by atoms with Crippen molar-refractivity contribution in [3.8, 4) is 0 Å². The molecule has 0 amide bonds. The van der Waals surface area contributed by atoms with Crippen LogP contribution in [0.4, 0.5) is 0 Å². The minimum absolute atomic E-state index is 0.0185. The highest BCUT2D eigenvalue weighted by molar-refractivity contribution is 6.34. The molecule has 0 fully saturated rings. The zero-order chi connectivity index (χ0) is 4.99. The Hall–Kier alpha value is -0.323. The summed E-state index contributed by atoms with van der Waals surface area (Å²) in [6, 6.07) is 0. The summed E-state index contributed by atoms with van der Waals surface area (Å²) in [6.07, 6.45) is 0. The van der Waals surface area contributed by atoms with Gasteiger partial charge in [-0.15, -0.1) is 0 Å². The molecule has 0 rings (SSSR count). The van der Waals surface area contributed by atoms with Crippen LogP contribution in [-0.2, 0) is 4.89 Å². The molecule has 0 saturated carbocycles. The van der Waals surface area contributed by atoms with Crippen molar-refractivity contribution < 1.29 is 14.9 Å². The lowest BCUT2D eigenvalue weighted by Gasteiger charge is -1.87. The molecule has 3 nitrogen and oxygen atoms in total. The topological polar surface area (TPSA) is 49.7 Å². The molecular formula is C2H4O3Si. The highest BCUT2D eigenvalue weighted by Crippen LogP contribution is 1.79. The summed E-state index contributed by atoms with van der Waals surface area (Å²) in [5.74, 6) is 0. The standard InChI is InChI=1S/C2H4O3Si/c1-2(5-3)6-4/h3-4H,1H2. The van der Waals surface area contributed by atoms with E-state index in [-0.39, 0.29) is 5.38 Å². The third-order valence-corrected chi connectivity index (χ3v) is 0.576. The molecule has 0 aromatic heterocycles. The van der Waals surface area contributed by atoms with E-state index in [4.69, 9.17) is 10.1 Å². The van der Waals surface area contributed by atoms with Crippen LogP contribution >= 0.6 is 0 Å². The fourth-order valence-corrected chi connectivity index (χ4v) is 0.0612. The van der Waals surface area contributed by atoms with Crippen LogP contribution in [-0.4, -0.2) is 19.8 Å². The van der Waals surface area contributed by atoms with Gasteiger partial charge in [0.2, 0.25) is 0 Å². The minimum Gasteiger partial charge on any atom is -0.425 e. The first-order valence-corrected chi connectivity index (χ1v) is 2.16. The molecule has 0 heterocycles. The lowest BCUT2D eigenvalue weighted by molar-refractivity contribution is -0.194. The SMILES string of the molecule is C=C(OO)[Si]O. The van der Waals surface area contributed by atoms with E-state index in [1.54, 1.807) is 0 Å². The van der Waals surface area contributed by atoms with Crippen molar-refractivity contribution >= 4 is 9.76 Å². The first-order chi connectivity index (χ1) is 2.81. The van der Waals surface area contributed by atoms with Gasteiger partial charge >= 0.3 is 9.76 Å². The Labute approximate surface area is 37.7 Å². The van der Waals surface area contributed by atoms with Gasteiger partial charge in [-0.25, -0.2) is 5.26 Å². The Morgan fingerprint density at radius 3 is 2.33 bits per heavy atom. The molecule has 0 atom stereocenters. The Bertz CT molecular complexity index is 46.8. The van der Waals surface area contributed by atoms with Crippen LogP contribution in [0.25, 0.3) is 0 Å². The molecule has 4 heteroatoms. The van der Waals surface area contributed by atoms with Crippen LogP contribution in [0.3, 0.4) is 0 Å². The van der Waals surface area contributed by atoms with Gasteiger partial charge in [-0.3, -0.25) is 0 Å². The molecule has 0 aromatic rings. The number of rotatable bonds is 2. The van der Waals surface area contributed by atoms with Gasteiger partial charge in [-0.05, 0) is 0 Å². The monoisotopic (exact) mass is 104 g/mol. The van der Waals surface area contributed by atoms with Gasteiger partial charge in [-0.1, -0.05) is 6.58 Å². The molecule has 0 unspecified atom stereocenters. The predicted octanol–water partition coefficient (Wildman–Crippen LogP) is -0.441. The minimum atomic E-state index is -0.535. The van der Waals surface area contributed by atoms with Gasteiger partial charge in [0.1, 0.15) is 5.38 Å². The average molecular weight is 104 g/mol. The Morgan fingerprint density at radius 1 is 1.83 bits per heavy atom. The summed E-state index contributed by atoms with van der Waals surface area (Å²) < 4.78 is 0. The van der Waals surface area contributed by atoms with Crippen molar-refractivity contribution in [3.05, 3.63) is 12.0 Å². The van der Waals surface area contributed by atoms with Crippen LogP contribution in [0.5, 0.6) is 0 Å². The summed E-state index contributed by atoms with van der Waals surface area (Å²) >= 11 is 0. The van der Waals surface area contributed by atoms with Crippen LogP contribution in [0.15, 0.2) is 12.0 Å². The van der Waals surface area contributed by atoms with Gasteiger partial charge in [0, 0.05) is 0 Å². The van der Waals surface area contributed by atoms with E-state index >= 15 is 0 Å². The molecule has 0 aliphatic heterocycles. The van der Waals surface area contributed by atoms with Crippen molar-refractivity contribution in [1.29, 1.82) is 0 Å². The molecular weight excluding hydrogens is 100 g/mol. The van der Waals surface area contributed by atoms with E-state index in [1.807, 2.05) is 0 Å². The highest BCUT2D eigenvalue weighted by atomic mass is 28.2. The van der Waals surface area contributed by atoms with Crippen LogP contribution < -0.4 is 0 Å². The molecule has 2 N–H and O–H groups in total. The fraction of sp³-hybridized carbons (Fsp3) is 0. The zero-order valence-electron chi connectivity index (χ0n) is 3.01. The predicted molar refractivity (Wildman–Crippen MR) is 20.8 cm³/mol. The average Bonchev–Trinajstić information content (AvgIpc) is 1.65.